The topological polar surface area (TPSA) is 104 Å². The van der Waals surface area contributed by atoms with E-state index in [9.17, 15) is 10.1 Å². The lowest BCUT2D eigenvalue weighted by molar-refractivity contribution is -0.384. The van der Waals surface area contributed by atoms with Crippen LogP contribution in [0.1, 0.15) is 5.76 Å². The summed E-state index contributed by atoms with van der Waals surface area (Å²) in [6.45, 7) is 0.242. The fraction of sp³-hybridized carbons (Fsp3) is 0.0526. The molecule has 0 aliphatic rings. The molecule has 0 bridgehead atoms. The van der Waals surface area contributed by atoms with Gasteiger partial charge in [0, 0.05) is 17.7 Å². The first-order valence-corrected chi connectivity index (χ1v) is 8.94. The van der Waals surface area contributed by atoms with Gasteiger partial charge in [-0.3, -0.25) is 10.1 Å². The molecule has 28 heavy (non-hydrogen) atoms. The summed E-state index contributed by atoms with van der Waals surface area (Å²) >= 11 is 3.42. The van der Waals surface area contributed by atoms with E-state index < -0.39 is 4.92 Å². The highest BCUT2D eigenvalue weighted by Gasteiger charge is 2.15. The number of nitrogens with zero attached hydrogens (tertiary/aromatic N) is 3. The summed E-state index contributed by atoms with van der Waals surface area (Å²) in [6.07, 6.45) is 0. The number of para-hydroxylation sites is 1. The molecule has 0 fully saturated rings. The summed E-state index contributed by atoms with van der Waals surface area (Å²) in [5.74, 6) is 2.23. The Bertz CT molecular complexity index is 1120. The molecule has 0 spiro atoms. The van der Waals surface area contributed by atoms with Crippen molar-refractivity contribution in [2.75, 3.05) is 0 Å². The lowest BCUT2D eigenvalue weighted by Gasteiger charge is -2.05. The van der Waals surface area contributed by atoms with Crippen LogP contribution >= 0.6 is 15.9 Å². The zero-order chi connectivity index (χ0) is 19.5. The van der Waals surface area contributed by atoms with E-state index in [4.69, 9.17) is 13.7 Å². The molecule has 2 heterocycles. The second kappa shape index (κ2) is 7.65. The minimum Gasteiger partial charge on any atom is -0.484 e. The Morgan fingerprint density at radius 2 is 1.86 bits per heavy atom. The van der Waals surface area contributed by atoms with Gasteiger partial charge in [0.15, 0.2) is 5.76 Å². The molecular weight excluding hydrogens is 430 g/mol. The Hall–Kier alpha value is -3.46. The van der Waals surface area contributed by atoms with Gasteiger partial charge in [0.1, 0.15) is 18.1 Å². The van der Waals surface area contributed by atoms with Crippen LogP contribution in [0.2, 0.25) is 0 Å². The number of non-ortho nitro benzene ring substituents is 1. The van der Waals surface area contributed by atoms with Gasteiger partial charge in [0.25, 0.3) is 11.6 Å². The van der Waals surface area contributed by atoms with Gasteiger partial charge in [0.2, 0.25) is 5.82 Å². The molecule has 0 saturated heterocycles. The van der Waals surface area contributed by atoms with Crippen LogP contribution in [-0.2, 0) is 6.61 Å². The quantitative estimate of drug-likeness (QED) is 0.297. The molecule has 140 valence electrons. The number of hydrogen-bond acceptors (Lipinski definition) is 7. The average Bonchev–Trinajstić information content (AvgIpc) is 3.37. The van der Waals surface area contributed by atoms with Gasteiger partial charge in [-0.25, -0.2) is 0 Å². The van der Waals surface area contributed by atoms with Crippen LogP contribution in [0.5, 0.6) is 5.75 Å². The number of nitro benzene ring substituents is 1. The average molecular weight is 442 g/mol. The van der Waals surface area contributed by atoms with Crippen molar-refractivity contribution < 1.29 is 18.6 Å². The largest absolute Gasteiger partial charge is 0.484 e. The minimum atomic E-state index is -0.466. The fourth-order valence-corrected chi connectivity index (χ4v) is 2.85. The molecule has 4 rings (SSSR count). The van der Waals surface area contributed by atoms with Gasteiger partial charge in [-0.05, 0) is 52.3 Å². The van der Waals surface area contributed by atoms with Crippen LogP contribution in [0.3, 0.4) is 0 Å². The third kappa shape index (κ3) is 3.79. The Labute approximate surface area is 167 Å². The van der Waals surface area contributed by atoms with Crippen molar-refractivity contribution in [3.05, 3.63) is 81.0 Å². The van der Waals surface area contributed by atoms with Gasteiger partial charge in [-0.1, -0.05) is 17.3 Å². The molecule has 8 nitrogen and oxygen atoms in total. The molecule has 0 saturated carbocycles. The Kier molecular flexibility index (Phi) is 4.90. The van der Waals surface area contributed by atoms with Crippen molar-refractivity contribution in [2.45, 2.75) is 6.61 Å². The van der Waals surface area contributed by atoms with Crippen molar-refractivity contribution in [1.82, 2.24) is 10.1 Å². The first-order valence-electron chi connectivity index (χ1n) is 8.15. The Balaban J connectivity index is 1.47. The monoisotopic (exact) mass is 441 g/mol. The van der Waals surface area contributed by atoms with Crippen LogP contribution in [0, 0.1) is 10.1 Å². The molecule has 0 N–H and O–H groups in total. The van der Waals surface area contributed by atoms with E-state index in [0.29, 0.717) is 28.7 Å². The summed E-state index contributed by atoms with van der Waals surface area (Å²) in [5.41, 5.74) is 0.595. The lowest BCUT2D eigenvalue weighted by Crippen LogP contribution is -1.94. The molecule has 0 radical (unpaired) electrons. The van der Waals surface area contributed by atoms with Crippen molar-refractivity contribution in [3.63, 3.8) is 0 Å². The Morgan fingerprint density at radius 1 is 1.07 bits per heavy atom. The van der Waals surface area contributed by atoms with Gasteiger partial charge in [0.05, 0.1) is 9.40 Å². The third-order valence-electron chi connectivity index (χ3n) is 3.84. The second-order valence-electron chi connectivity index (χ2n) is 5.71. The highest BCUT2D eigenvalue weighted by atomic mass is 79.9. The van der Waals surface area contributed by atoms with Crippen LogP contribution < -0.4 is 4.74 Å². The molecule has 0 amide bonds. The number of ether oxygens (including phenoxy) is 1. The summed E-state index contributed by atoms with van der Waals surface area (Å²) < 4.78 is 17.5. The number of nitro groups is 1. The maximum Gasteiger partial charge on any atom is 0.293 e. The fourth-order valence-electron chi connectivity index (χ4n) is 2.45. The second-order valence-corrected chi connectivity index (χ2v) is 6.57. The number of aromatic nitrogens is 2. The van der Waals surface area contributed by atoms with Gasteiger partial charge in [-0.15, -0.1) is 0 Å². The van der Waals surface area contributed by atoms with E-state index in [-0.39, 0.29) is 18.2 Å². The summed E-state index contributed by atoms with van der Waals surface area (Å²) in [5, 5.41) is 14.6. The van der Waals surface area contributed by atoms with Crippen LogP contribution in [-0.4, -0.2) is 15.1 Å². The first-order chi connectivity index (χ1) is 13.6. The highest BCUT2D eigenvalue weighted by Crippen LogP contribution is 2.27. The molecule has 0 aliphatic heterocycles. The molecule has 0 aliphatic carbocycles. The van der Waals surface area contributed by atoms with Crippen molar-refractivity contribution in [1.29, 1.82) is 0 Å². The molecule has 0 atom stereocenters. The predicted octanol–water partition coefficient (Wildman–Crippen LogP) is 5.25. The van der Waals surface area contributed by atoms with E-state index in [2.05, 4.69) is 26.1 Å². The number of rotatable bonds is 6. The van der Waals surface area contributed by atoms with E-state index in [1.165, 1.54) is 12.1 Å². The molecule has 0 unspecified atom stereocenters. The van der Waals surface area contributed by atoms with E-state index >= 15 is 0 Å². The summed E-state index contributed by atoms with van der Waals surface area (Å²) in [4.78, 5) is 14.5. The van der Waals surface area contributed by atoms with Crippen LogP contribution in [0.25, 0.3) is 23.0 Å². The van der Waals surface area contributed by atoms with Crippen LogP contribution in [0.4, 0.5) is 5.69 Å². The van der Waals surface area contributed by atoms with E-state index in [1.54, 1.807) is 24.3 Å². The number of benzene rings is 2. The number of hydrogen-bond donors (Lipinski definition) is 0. The van der Waals surface area contributed by atoms with E-state index in [1.807, 2.05) is 24.3 Å². The Morgan fingerprint density at radius 3 is 2.61 bits per heavy atom. The van der Waals surface area contributed by atoms with Crippen molar-refractivity contribution in [2.24, 2.45) is 0 Å². The van der Waals surface area contributed by atoms with Gasteiger partial charge >= 0.3 is 0 Å². The van der Waals surface area contributed by atoms with Gasteiger partial charge in [-0.2, -0.15) is 4.98 Å². The van der Waals surface area contributed by atoms with Gasteiger partial charge < -0.3 is 13.7 Å². The first kappa shape index (κ1) is 17.9. The third-order valence-corrected chi connectivity index (χ3v) is 4.50. The minimum absolute atomic E-state index is 0.00630. The lowest BCUT2D eigenvalue weighted by atomic mass is 10.2. The normalized spacial score (nSPS) is 10.8. The maximum absolute atomic E-state index is 10.7. The number of halogens is 1. The molecular formula is C19H12BrN3O5. The van der Waals surface area contributed by atoms with Crippen molar-refractivity contribution in [3.8, 4) is 28.8 Å². The molecule has 9 heteroatoms. The van der Waals surface area contributed by atoms with Crippen molar-refractivity contribution >= 4 is 21.6 Å². The number of furan rings is 1. The SMILES string of the molecule is O=[N+]([O-])c1ccc(-c2noc(-c3ccc(COc4ccccc4Br)o3)n2)cc1. The molecule has 2 aromatic heterocycles. The molecule has 4 aromatic rings. The standard InChI is InChI=1S/C19H12BrN3O5/c20-15-3-1-2-4-16(15)26-11-14-9-10-17(27-14)19-21-18(22-28-19)12-5-7-13(8-6-12)23(24)25/h1-10H,11H2. The molecule has 2 aromatic carbocycles. The van der Waals surface area contributed by atoms with Crippen LogP contribution in [0.15, 0.2) is 74.1 Å². The zero-order valence-corrected chi connectivity index (χ0v) is 15.8. The maximum atomic E-state index is 10.7. The predicted molar refractivity (Wildman–Crippen MR) is 103 cm³/mol. The summed E-state index contributed by atoms with van der Waals surface area (Å²) in [7, 11) is 0. The smallest absolute Gasteiger partial charge is 0.293 e. The van der Waals surface area contributed by atoms with E-state index in [0.717, 1.165) is 4.47 Å². The highest BCUT2D eigenvalue weighted by molar-refractivity contribution is 9.10. The zero-order valence-electron chi connectivity index (χ0n) is 14.2. The summed E-state index contributed by atoms with van der Waals surface area (Å²) in [6, 6.07) is 16.9.